The summed E-state index contributed by atoms with van der Waals surface area (Å²) in [6.07, 6.45) is 11.5. The van der Waals surface area contributed by atoms with E-state index < -0.39 is 0 Å². The third-order valence-corrected chi connectivity index (χ3v) is 5.32. The second-order valence-corrected chi connectivity index (χ2v) is 6.61. The van der Waals surface area contributed by atoms with E-state index in [-0.39, 0.29) is 12.2 Å². The van der Waals surface area contributed by atoms with Gasteiger partial charge in [-0.25, -0.2) is 0 Å². The Hall–Kier alpha value is -0.0800. The van der Waals surface area contributed by atoms with Crippen molar-refractivity contribution >= 4 is 0 Å². The number of aliphatic hydroxyl groups excluding tert-OH is 2. The maximum atomic E-state index is 10.1. The minimum Gasteiger partial charge on any atom is -0.393 e. The fourth-order valence-corrected chi connectivity index (χ4v) is 4.06. The molecule has 0 bridgehead atoms. The Kier molecular flexibility index (Phi) is 5.50. The molecule has 18 heavy (non-hydrogen) atoms. The highest BCUT2D eigenvalue weighted by atomic mass is 16.3. The minimum atomic E-state index is -0.0398. The van der Waals surface area contributed by atoms with E-state index in [2.05, 4.69) is 6.92 Å². The summed E-state index contributed by atoms with van der Waals surface area (Å²) in [4.78, 5) is 0. The van der Waals surface area contributed by atoms with Crippen molar-refractivity contribution in [1.82, 2.24) is 0 Å². The third-order valence-electron chi connectivity index (χ3n) is 5.32. The van der Waals surface area contributed by atoms with Crippen LogP contribution in [0.1, 0.15) is 71.1 Å². The summed E-state index contributed by atoms with van der Waals surface area (Å²) in [5.74, 6) is 2.20. The molecule has 0 spiro atoms. The first-order valence-corrected chi connectivity index (χ1v) is 8.06. The van der Waals surface area contributed by atoms with Crippen LogP contribution in [0.5, 0.6) is 0 Å². The molecule has 2 heteroatoms. The summed E-state index contributed by atoms with van der Waals surface area (Å²) in [6, 6.07) is 0. The molecule has 0 amide bonds. The molecule has 0 saturated heterocycles. The molecule has 2 aliphatic rings. The first-order chi connectivity index (χ1) is 8.70. The first kappa shape index (κ1) is 14.3. The van der Waals surface area contributed by atoms with E-state index in [4.69, 9.17) is 0 Å². The van der Waals surface area contributed by atoms with E-state index in [9.17, 15) is 10.2 Å². The number of hydrogen-bond acceptors (Lipinski definition) is 2. The molecule has 3 atom stereocenters. The van der Waals surface area contributed by atoms with Crippen molar-refractivity contribution in [2.24, 2.45) is 17.8 Å². The molecular formula is C16H30O2. The largest absolute Gasteiger partial charge is 0.393 e. The lowest BCUT2D eigenvalue weighted by atomic mass is 9.68. The van der Waals surface area contributed by atoms with Crippen molar-refractivity contribution in [3.8, 4) is 0 Å². The van der Waals surface area contributed by atoms with Gasteiger partial charge in [-0.2, -0.15) is 0 Å². The van der Waals surface area contributed by atoms with Gasteiger partial charge in [0.25, 0.3) is 0 Å². The molecular weight excluding hydrogens is 224 g/mol. The van der Waals surface area contributed by atoms with Gasteiger partial charge in [0.05, 0.1) is 12.2 Å². The van der Waals surface area contributed by atoms with Gasteiger partial charge in [0.15, 0.2) is 0 Å². The molecule has 2 N–H and O–H groups in total. The molecule has 0 aromatic rings. The molecule has 0 aliphatic heterocycles. The minimum absolute atomic E-state index is 0.0358. The van der Waals surface area contributed by atoms with Crippen molar-refractivity contribution in [2.45, 2.75) is 83.3 Å². The third kappa shape index (κ3) is 3.71. The Morgan fingerprint density at radius 3 is 2.22 bits per heavy atom. The topological polar surface area (TPSA) is 40.5 Å². The van der Waals surface area contributed by atoms with Gasteiger partial charge >= 0.3 is 0 Å². The molecule has 3 unspecified atom stereocenters. The highest BCUT2D eigenvalue weighted by Crippen LogP contribution is 2.41. The van der Waals surface area contributed by atoms with Gasteiger partial charge in [-0.05, 0) is 69.1 Å². The van der Waals surface area contributed by atoms with Crippen molar-refractivity contribution < 1.29 is 10.2 Å². The maximum absolute atomic E-state index is 10.1. The SMILES string of the molecule is CCCCC1CC(C2CCC(O)CC2)CCC1O. The van der Waals surface area contributed by atoms with E-state index in [1.165, 1.54) is 44.9 Å². The van der Waals surface area contributed by atoms with Crippen LogP contribution in [0.25, 0.3) is 0 Å². The fourth-order valence-electron chi connectivity index (χ4n) is 4.06. The Balaban J connectivity index is 1.82. The quantitative estimate of drug-likeness (QED) is 0.806. The standard InChI is InChI=1S/C16H30O2/c1-2-3-4-14-11-13(7-10-16(14)18)12-5-8-15(17)9-6-12/h12-18H,2-11H2,1H3. The maximum Gasteiger partial charge on any atom is 0.0568 e. The molecule has 2 rings (SSSR count). The molecule has 2 aliphatic carbocycles. The lowest BCUT2D eigenvalue weighted by Gasteiger charge is -2.39. The summed E-state index contributed by atoms with van der Waals surface area (Å²) in [6.45, 7) is 2.23. The van der Waals surface area contributed by atoms with Crippen LogP contribution >= 0.6 is 0 Å². The number of rotatable bonds is 4. The van der Waals surface area contributed by atoms with Crippen LogP contribution in [-0.4, -0.2) is 22.4 Å². The molecule has 0 heterocycles. The van der Waals surface area contributed by atoms with Gasteiger partial charge in [0, 0.05) is 0 Å². The van der Waals surface area contributed by atoms with Crippen LogP contribution < -0.4 is 0 Å². The van der Waals surface area contributed by atoms with Gasteiger partial charge in [-0.3, -0.25) is 0 Å². The van der Waals surface area contributed by atoms with Gasteiger partial charge < -0.3 is 10.2 Å². The van der Waals surface area contributed by atoms with E-state index in [1.807, 2.05) is 0 Å². The molecule has 0 radical (unpaired) electrons. The van der Waals surface area contributed by atoms with E-state index in [0.717, 1.165) is 31.1 Å². The van der Waals surface area contributed by atoms with E-state index >= 15 is 0 Å². The number of aliphatic hydroxyl groups is 2. The molecule has 0 aromatic carbocycles. The summed E-state index contributed by atoms with van der Waals surface area (Å²) in [5.41, 5.74) is 0. The predicted octanol–water partition coefficient (Wildman–Crippen LogP) is 3.50. The van der Waals surface area contributed by atoms with Gasteiger partial charge in [0.1, 0.15) is 0 Å². The lowest BCUT2D eigenvalue weighted by molar-refractivity contribution is 0.0127. The summed E-state index contributed by atoms with van der Waals surface area (Å²) >= 11 is 0. The van der Waals surface area contributed by atoms with Crippen molar-refractivity contribution in [3.63, 3.8) is 0 Å². The van der Waals surface area contributed by atoms with Crippen molar-refractivity contribution in [2.75, 3.05) is 0 Å². The summed E-state index contributed by atoms with van der Waals surface area (Å²) < 4.78 is 0. The fraction of sp³-hybridized carbons (Fsp3) is 1.00. The van der Waals surface area contributed by atoms with Crippen LogP contribution in [-0.2, 0) is 0 Å². The molecule has 2 fully saturated rings. The molecule has 2 saturated carbocycles. The lowest BCUT2D eigenvalue weighted by Crippen LogP contribution is -2.34. The second-order valence-electron chi connectivity index (χ2n) is 6.61. The van der Waals surface area contributed by atoms with Crippen LogP contribution in [0, 0.1) is 17.8 Å². The van der Waals surface area contributed by atoms with Gasteiger partial charge in [-0.1, -0.05) is 19.8 Å². The van der Waals surface area contributed by atoms with E-state index in [0.29, 0.717) is 5.92 Å². The summed E-state index contributed by atoms with van der Waals surface area (Å²) in [7, 11) is 0. The normalized spacial score (nSPS) is 41.8. The van der Waals surface area contributed by atoms with Crippen molar-refractivity contribution in [1.29, 1.82) is 0 Å². The van der Waals surface area contributed by atoms with Crippen molar-refractivity contribution in [3.05, 3.63) is 0 Å². The van der Waals surface area contributed by atoms with Crippen LogP contribution in [0.2, 0.25) is 0 Å². The molecule has 106 valence electrons. The van der Waals surface area contributed by atoms with Gasteiger partial charge in [0.2, 0.25) is 0 Å². The zero-order chi connectivity index (χ0) is 13.0. The Morgan fingerprint density at radius 2 is 1.56 bits per heavy atom. The Morgan fingerprint density at radius 1 is 0.889 bits per heavy atom. The zero-order valence-corrected chi connectivity index (χ0v) is 11.9. The highest BCUT2D eigenvalue weighted by Gasteiger charge is 2.34. The zero-order valence-electron chi connectivity index (χ0n) is 11.9. The Labute approximate surface area is 112 Å². The van der Waals surface area contributed by atoms with E-state index in [1.54, 1.807) is 0 Å². The van der Waals surface area contributed by atoms with Crippen LogP contribution in [0.3, 0.4) is 0 Å². The summed E-state index contributed by atoms with van der Waals surface area (Å²) in [5, 5.41) is 19.7. The van der Waals surface area contributed by atoms with Crippen LogP contribution in [0.15, 0.2) is 0 Å². The first-order valence-electron chi connectivity index (χ1n) is 8.06. The molecule has 0 aromatic heterocycles. The smallest absolute Gasteiger partial charge is 0.0568 e. The van der Waals surface area contributed by atoms with Gasteiger partial charge in [-0.15, -0.1) is 0 Å². The molecule has 2 nitrogen and oxygen atoms in total. The monoisotopic (exact) mass is 254 g/mol. The number of hydrogen-bond donors (Lipinski definition) is 2. The predicted molar refractivity (Wildman–Crippen MR) is 74.3 cm³/mol. The second kappa shape index (κ2) is 6.91. The average molecular weight is 254 g/mol. The Bertz CT molecular complexity index is 233. The number of unbranched alkanes of at least 4 members (excludes halogenated alkanes) is 1. The van der Waals surface area contributed by atoms with Crippen LogP contribution in [0.4, 0.5) is 0 Å². The average Bonchev–Trinajstić information content (AvgIpc) is 2.39. The highest BCUT2D eigenvalue weighted by molar-refractivity contribution is 4.85.